The van der Waals surface area contributed by atoms with Crippen LogP contribution >= 0.6 is 23.8 Å². The number of hydrogen-bond donors (Lipinski definition) is 1. The first-order valence-electron chi connectivity index (χ1n) is 15.8. The number of halogens is 1. The monoisotopic (exact) mass is 620 g/mol. The van der Waals surface area contributed by atoms with Crippen LogP contribution < -0.4 is 15.1 Å². The van der Waals surface area contributed by atoms with Gasteiger partial charge in [-0.15, -0.1) is 0 Å². The average Bonchev–Trinajstić information content (AvgIpc) is 3.48. The van der Waals surface area contributed by atoms with Crippen molar-refractivity contribution in [3.8, 4) is 0 Å². The normalized spacial score (nSPS) is 24.9. The van der Waals surface area contributed by atoms with Gasteiger partial charge < -0.3 is 24.4 Å². The molecule has 0 aliphatic carbocycles. The lowest BCUT2D eigenvalue weighted by atomic mass is 9.91. The van der Waals surface area contributed by atoms with Gasteiger partial charge >= 0.3 is 0 Å². The van der Waals surface area contributed by atoms with Crippen molar-refractivity contribution < 1.29 is 4.74 Å². The maximum Gasteiger partial charge on any atom is 0.174 e. The number of aryl methyl sites for hydroxylation is 1. The van der Waals surface area contributed by atoms with Crippen molar-refractivity contribution in [1.82, 2.24) is 19.8 Å². The number of morpholine rings is 1. The average molecular weight is 621 g/mol. The Morgan fingerprint density at radius 3 is 2.49 bits per heavy atom. The second-order valence-corrected chi connectivity index (χ2v) is 13.6. The summed E-state index contributed by atoms with van der Waals surface area (Å²) in [6, 6.07) is 14.8. The predicted molar refractivity (Wildman–Crippen MR) is 180 cm³/mol. The molecule has 0 saturated carbocycles. The molecule has 3 fully saturated rings. The molecule has 0 radical (unpaired) electrons. The molecule has 3 aliphatic heterocycles. The quantitative estimate of drug-likeness (QED) is 0.287. The van der Waals surface area contributed by atoms with Crippen LogP contribution in [0.2, 0.25) is 5.02 Å². The van der Waals surface area contributed by atoms with Crippen LogP contribution in [-0.2, 0) is 11.3 Å². The topological polar surface area (TPSA) is 48.8 Å². The minimum Gasteiger partial charge on any atom is -0.379 e. The first-order valence-corrected chi connectivity index (χ1v) is 16.6. The van der Waals surface area contributed by atoms with Crippen LogP contribution in [0.15, 0.2) is 48.7 Å². The van der Waals surface area contributed by atoms with Crippen molar-refractivity contribution >= 4 is 40.3 Å². The third-order valence-electron chi connectivity index (χ3n) is 9.41. The van der Waals surface area contributed by atoms with Crippen LogP contribution in [0.4, 0.5) is 11.4 Å². The summed E-state index contributed by atoms with van der Waals surface area (Å²) in [6.45, 7) is 17.0. The third kappa shape index (κ3) is 6.44. The molecule has 0 amide bonds. The van der Waals surface area contributed by atoms with E-state index in [1.54, 1.807) is 0 Å². The SMILES string of the molecule is Cc1cc([C@@H]2[C@H](c3ccccn3)NC(=S)N2c2ccc(N3C[C@@H](C)C[C@H](C)C3)c(Cl)c2)c(C)n1CCCN1CCOCC1. The number of piperidine rings is 1. The van der Waals surface area contributed by atoms with Gasteiger partial charge in [-0.2, -0.15) is 0 Å². The molecule has 1 N–H and O–H groups in total. The molecule has 3 aromatic rings. The summed E-state index contributed by atoms with van der Waals surface area (Å²) in [4.78, 5) is 12.0. The van der Waals surface area contributed by atoms with Gasteiger partial charge in [0.15, 0.2) is 5.11 Å². The van der Waals surface area contributed by atoms with Crippen LogP contribution in [0.5, 0.6) is 0 Å². The van der Waals surface area contributed by atoms with Crippen molar-refractivity contribution in [1.29, 1.82) is 0 Å². The summed E-state index contributed by atoms with van der Waals surface area (Å²) in [5.41, 5.74) is 6.91. The Balaban J connectivity index is 1.31. The lowest BCUT2D eigenvalue weighted by Gasteiger charge is -2.37. The first-order chi connectivity index (χ1) is 20.8. The highest BCUT2D eigenvalue weighted by atomic mass is 35.5. The van der Waals surface area contributed by atoms with Gasteiger partial charge in [-0.25, -0.2) is 0 Å². The van der Waals surface area contributed by atoms with Gasteiger partial charge in [-0.05, 0) is 92.7 Å². The highest BCUT2D eigenvalue weighted by molar-refractivity contribution is 7.80. The molecule has 230 valence electrons. The van der Waals surface area contributed by atoms with E-state index in [4.69, 9.17) is 33.5 Å². The second-order valence-electron chi connectivity index (χ2n) is 12.8. The Morgan fingerprint density at radius 1 is 1.02 bits per heavy atom. The number of anilines is 2. The van der Waals surface area contributed by atoms with E-state index in [1.807, 2.05) is 18.3 Å². The minimum absolute atomic E-state index is 0.0569. The molecule has 6 rings (SSSR count). The summed E-state index contributed by atoms with van der Waals surface area (Å²) in [5, 5.41) is 5.10. The van der Waals surface area contributed by atoms with Gasteiger partial charge in [0.2, 0.25) is 0 Å². The number of nitrogens with zero attached hydrogens (tertiary/aromatic N) is 5. The van der Waals surface area contributed by atoms with Crippen molar-refractivity contribution in [2.24, 2.45) is 11.8 Å². The van der Waals surface area contributed by atoms with Gasteiger partial charge in [-0.3, -0.25) is 9.88 Å². The predicted octanol–water partition coefficient (Wildman–Crippen LogP) is 6.54. The molecule has 4 atom stereocenters. The maximum atomic E-state index is 7.05. The van der Waals surface area contributed by atoms with Crippen molar-refractivity contribution in [2.75, 3.05) is 55.7 Å². The largest absolute Gasteiger partial charge is 0.379 e. The molecule has 1 aromatic carbocycles. The second kappa shape index (κ2) is 13.1. The lowest BCUT2D eigenvalue weighted by Crippen LogP contribution is -2.38. The lowest BCUT2D eigenvalue weighted by molar-refractivity contribution is 0.0369. The number of hydrogen-bond acceptors (Lipinski definition) is 5. The zero-order valence-electron chi connectivity index (χ0n) is 25.9. The molecule has 0 bridgehead atoms. The molecule has 0 unspecified atom stereocenters. The minimum atomic E-state index is -0.0850. The molecule has 0 spiro atoms. The van der Waals surface area contributed by atoms with E-state index < -0.39 is 0 Å². The Bertz CT molecular complexity index is 1410. The Kier molecular flexibility index (Phi) is 9.29. The van der Waals surface area contributed by atoms with E-state index >= 15 is 0 Å². The van der Waals surface area contributed by atoms with Crippen LogP contribution in [0.3, 0.4) is 0 Å². The van der Waals surface area contributed by atoms with Crippen LogP contribution in [-0.4, -0.2) is 65.5 Å². The zero-order chi connectivity index (χ0) is 30.1. The fourth-order valence-corrected chi connectivity index (χ4v) is 8.10. The first kappa shape index (κ1) is 30.4. The summed E-state index contributed by atoms with van der Waals surface area (Å²) in [6.07, 6.45) is 4.23. The zero-order valence-corrected chi connectivity index (χ0v) is 27.5. The molecule has 5 heterocycles. The van der Waals surface area contributed by atoms with Crippen molar-refractivity contribution in [2.45, 2.75) is 59.2 Å². The van der Waals surface area contributed by atoms with Gasteiger partial charge in [-0.1, -0.05) is 31.5 Å². The number of rotatable bonds is 8. The van der Waals surface area contributed by atoms with Crippen LogP contribution in [0, 0.1) is 25.7 Å². The summed E-state index contributed by atoms with van der Waals surface area (Å²) >= 11 is 13.1. The van der Waals surface area contributed by atoms with Gasteiger partial charge in [0.1, 0.15) is 0 Å². The standard InChI is InChI=1S/C34H45ClN6OS/c1-23-18-24(2)22-39(21-23)31-10-9-27(20-29(31)35)41-33(32(37-34(41)43)30-8-5-6-11-36-30)28-19-25(3)40(26(28)4)13-7-12-38-14-16-42-17-15-38/h5-6,8-11,19-20,23-24,32-33H,7,12-18,21-22H2,1-4H3,(H,37,43)/t23-,24-,32-,33+/m0/s1. The van der Waals surface area contributed by atoms with E-state index in [0.717, 1.165) is 81.0 Å². The molecule has 3 saturated heterocycles. The number of aromatic nitrogens is 2. The Hall–Kier alpha value is -2.65. The molecule has 2 aromatic heterocycles. The van der Waals surface area contributed by atoms with E-state index in [0.29, 0.717) is 16.9 Å². The van der Waals surface area contributed by atoms with Gasteiger partial charge in [0.05, 0.1) is 41.7 Å². The highest BCUT2D eigenvalue weighted by Crippen LogP contribution is 2.45. The van der Waals surface area contributed by atoms with Crippen LogP contribution in [0.25, 0.3) is 0 Å². The molecule has 43 heavy (non-hydrogen) atoms. The number of thiocarbonyl (C=S) groups is 1. The molecular weight excluding hydrogens is 576 g/mol. The van der Waals surface area contributed by atoms with Crippen molar-refractivity contribution in [3.05, 3.63) is 76.3 Å². The Labute approximate surface area is 267 Å². The number of pyridine rings is 1. The van der Waals surface area contributed by atoms with E-state index in [9.17, 15) is 0 Å². The summed E-state index contributed by atoms with van der Waals surface area (Å²) in [7, 11) is 0. The molecule has 7 nitrogen and oxygen atoms in total. The van der Waals surface area contributed by atoms with Gasteiger partial charge in [0.25, 0.3) is 0 Å². The fourth-order valence-electron chi connectivity index (χ4n) is 7.46. The molecule has 3 aliphatic rings. The van der Waals surface area contributed by atoms with Crippen molar-refractivity contribution in [3.63, 3.8) is 0 Å². The highest BCUT2D eigenvalue weighted by Gasteiger charge is 2.42. The Morgan fingerprint density at radius 2 is 1.79 bits per heavy atom. The third-order valence-corrected chi connectivity index (χ3v) is 10.0. The summed E-state index contributed by atoms with van der Waals surface area (Å²) < 4.78 is 8.01. The summed E-state index contributed by atoms with van der Waals surface area (Å²) in [5.74, 6) is 1.31. The number of benzene rings is 1. The smallest absolute Gasteiger partial charge is 0.174 e. The maximum absolute atomic E-state index is 7.05. The van der Waals surface area contributed by atoms with E-state index in [-0.39, 0.29) is 12.1 Å². The number of nitrogens with one attached hydrogen (secondary N) is 1. The molecule has 9 heteroatoms. The fraction of sp³-hybridized carbons (Fsp3) is 0.529. The van der Waals surface area contributed by atoms with Crippen LogP contribution in [0.1, 0.15) is 61.4 Å². The van der Waals surface area contributed by atoms with E-state index in [2.05, 4.69) is 82.6 Å². The van der Waals surface area contributed by atoms with Gasteiger partial charge in [0, 0.05) is 62.5 Å². The number of ether oxygens (including phenoxy) is 1. The molecular formula is C34H45ClN6OS. The van der Waals surface area contributed by atoms with E-state index in [1.165, 1.54) is 23.4 Å².